The van der Waals surface area contributed by atoms with E-state index in [9.17, 15) is 17.6 Å². The van der Waals surface area contributed by atoms with Crippen LogP contribution >= 0.6 is 0 Å². The highest BCUT2D eigenvalue weighted by molar-refractivity contribution is 7.92. The molecule has 6 nitrogen and oxygen atoms in total. The van der Waals surface area contributed by atoms with Crippen LogP contribution in [0.25, 0.3) is 0 Å². The van der Waals surface area contributed by atoms with Crippen molar-refractivity contribution in [3.8, 4) is 0 Å². The van der Waals surface area contributed by atoms with Crippen LogP contribution in [0, 0.1) is 12.7 Å². The first-order chi connectivity index (χ1) is 14.4. The number of anilines is 1. The van der Waals surface area contributed by atoms with Crippen molar-refractivity contribution < 1.29 is 17.6 Å². The molecule has 0 radical (unpaired) electrons. The smallest absolute Gasteiger partial charge is 0.264 e. The molecule has 1 N–H and O–H groups in total. The van der Waals surface area contributed by atoms with Gasteiger partial charge < -0.3 is 0 Å². The van der Waals surface area contributed by atoms with Gasteiger partial charge in [-0.1, -0.05) is 48.5 Å². The molecule has 0 saturated heterocycles. The minimum Gasteiger partial charge on any atom is -0.271 e. The summed E-state index contributed by atoms with van der Waals surface area (Å²) in [6.07, 6.45) is 1.35. The summed E-state index contributed by atoms with van der Waals surface area (Å²) in [7, 11) is -3.97. The van der Waals surface area contributed by atoms with E-state index in [1.807, 2.05) is 0 Å². The first-order valence-corrected chi connectivity index (χ1v) is 10.5. The quantitative estimate of drug-likeness (QED) is 0.465. The number of sulfonamides is 1. The van der Waals surface area contributed by atoms with Crippen molar-refractivity contribution in [1.29, 1.82) is 0 Å². The second-order valence-electron chi connectivity index (χ2n) is 6.46. The Morgan fingerprint density at radius 1 is 1.00 bits per heavy atom. The Morgan fingerprint density at radius 3 is 2.30 bits per heavy atom. The molecule has 0 unspecified atom stereocenters. The fourth-order valence-corrected chi connectivity index (χ4v) is 4.26. The Hall–Kier alpha value is -3.52. The summed E-state index contributed by atoms with van der Waals surface area (Å²) in [4.78, 5) is 12.5. The van der Waals surface area contributed by atoms with Crippen molar-refractivity contribution >= 4 is 27.8 Å². The van der Waals surface area contributed by atoms with Crippen molar-refractivity contribution in [2.45, 2.75) is 11.8 Å². The van der Waals surface area contributed by atoms with E-state index in [4.69, 9.17) is 0 Å². The Labute approximate surface area is 174 Å². The van der Waals surface area contributed by atoms with Gasteiger partial charge in [0, 0.05) is 0 Å². The zero-order chi connectivity index (χ0) is 21.6. The van der Waals surface area contributed by atoms with Gasteiger partial charge in [-0.05, 0) is 48.4 Å². The fourth-order valence-electron chi connectivity index (χ4n) is 2.76. The first-order valence-electron chi connectivity index (χ1n) is 9.09. The van der Waals surface area contributed by atoms with Gasteiger partial charge in [0.25, 0.3) is 15.9 Å². The molecule has 30 heavy (non-hydrogen) atoms. The number of carbonyl (C=O) groups is 1. The molecule has 1 amide bonds. The molecule has 0 saturated carbocycles. The summed E-state index contributed by atoms with van der Waals surface area (Å²) in [5.41, 5.74) is 4.02. The Morgan fingerprint density at radius 2 is 1.63 bits per heavy atom. The highest BCUT2D eigenvalue weighted by atomic mass is 32.2. The van der Waals surface area contributed by atoms with Crippen molar-refractivity contribution in [3.63, 3.8) is 0 Å². The molecule has 0 bridgehead atoms. The van der Waals surface area contributed by atoms with Gasteiger partial charge in [-0.15, -0.1) is 0 Å². The average molecular weight is 425 g/mol. The summed E-state index contributed by atoms with van der Waals surface area (Å²) in [6, 6.07) is 20.4. The third-order valence-corrected chi connectivity index (χ3v) is 6.05. The Balaban J connectivity index is 1.83. The molecule has 8 heteroatoms. The summed E-state index contributed by atoms with van der Waals surface area (Å²) < 4.78 is 40.4. The van der Waals surface area contributed by atoms with Crippen LogP contribution in [0.5, 0.6) is 0 Å². The number of carbonyl (C=O) groups excluding carboxylic acids is 1. The monoisotopic (exact) mass is 425 g/mol. The number of aryl methyl sites for hydroxylation is 1. The topological polar surface area (TPSA) is 78.8 Å². The minimum absolute atomic E-state index is 0.0795. The molecule has 0 aromatic heterocycles. The third kappa shape index (κ3) is 5.09. The first kappa shape index (κ1) is 21.2. The zero-order valence-corrected chi connectivity index (χ0v) is 17.0. The standard InChI is InChI=1S/C22H20FN3O3S/c1-17-7-5-6-10-21(17)26(30(28,29)20-8-3-2-4-9-20)16-22(27)25-24-15-18-11-13-19(23)14-12-18/h2-15H,16H2,1H3,(H,25,27). The second-order valence-corrected chi connectivity index (χ2v) is 8.32. The largest absolute Gasteiger partial charge is 0.271 e. The second kappa shape index (κ2) is 9.32. The molecule has 154 valence electrons. The maximum atomic E-state index is 13.2. The van der Waals surface area contributed by atoms with Crippen LogP contribution in [0.1, 0.15) is 11.1 Å². The van der Waals surface area contributed by atoms with E-state index in [1.165, 1.54) is 42.6 Å². The number of rotatable bonds is 7. The molecule has 0 aliphatic heterocycles. The lowest BCUT2D eigenvalue weighted by Crippen LogP contribution is -2.40. The lowest BCUT2D eigenvalue weighted by molar-refractivity contribution is -0.119. The van der Waals surface area contributed by atoms with Crippen molar-refractivity contribution in [3.05, 3.63) is 95.8 Å². The minimum atomic E-state index is -3.97. The van der Waals surface area contributed by atoms with Crippen LogP contribution < -0.4 is 9.73 Å². The molecule has 0 atom stereocenters. The zero-order valence-electron chi connectivity index (χ0n) is 16.2. The van der Waals surface area contributed by atoms with E-state index >= 15 is 0 Å². The van der Waals surface area contributed by atoms with E-state index in [-0.39, 0.29) is 10.7 Å². The number of benzene rings is 3. The van der Waals surface area contributed by atoms with E-state index in [1.54, 1.807) is 49.4 Å². The number of nitrogens with one attached hydrogen (secondary N) is 1. The Bertz CT molecular complexity index is 1150. The van der Waals surface area contributed by atoms with E-state index in [0.29, 0.717) is 16.8 Å². The number of hydrogen-bond donors (Lipinski definition) is 1. The molecule has 3 rings (SSSR count). The highest BCUT2D eigenvalue weighted by Crippen LogP contribution is 2.26. The molecule has 0 heterocycles. The molecule has 3 aromatic carbocycles. The molecule has 0 aliphatic carbocycles. The predicted molar refractivity (Wildman–Crippen MR) is 114 cm³/mol. The van der Waals surface area contributed by atoms with Crippen LogP contribution in [-0.4, -0.2) is 27.1 Å². The number of hydrogen-bond acceptors (Lipinski definition) is 4. The normalized spacial score (nSPS) is 11.4. The SMILES string of the molecule is Cc1ccccc1N(CC(=O)NN=Cc1ccc(F)cc1)S(=O)(=O)c1ccccc1. The summed E-state index contributed by atoms with van der Waals surface area (Å²) in [5, 5.41) is 3.83. The summed E-state index contributed by atoms with van der Waals surface area (Å²) in [6.45, 7) is 1.32. The highest BCUT2D eigenvalue weighted by Gasteiger charge is 2.27. The number of para-hydroxylation sites is 1. The van der Waals surface area contributed by atoms with Crippen molar-refractivity contribution in [1.82, 2.24) is 5.43 Å². The third-order valence-electron chi connectivity index (χ3n) is 4.28. The maximum absolute atomic E-state index is 13.2. The molecule has 0 spiro atoms. The lowest BCUT2D eigenvalue weighted by atomic mass is 10.2. The number of amides is 1. The van der Waals surface area contributed by atoms with Gasteiger partial charge in [0.2, 0.25) is 0 Å². The van der Waals surface area contributed by atoms with Crippen LogP contribution in [0.4, 0.5) is 10.1 Å². The van der Waals surface area contributed by atoms with Gasteiger partial charge in [-0.3, -0.25) is 9.10 Å². The van der Waals surface area contributed by atoms with E-state index in [0.717, 1.165) is 4.31 Å². The molecular weight excluding hydrogens is 405 g/mol. The van der Waals surface area contributed by atoms with Crippen molar-refractivity contribution in [2.75, 3.05) is 10.8 Å². The van der Waals surface area contributed by atoms with Crippen LogP contribution in [0.15, 0.2) is 88.9 Å². The summed E-state index contributed by atoms with van der Waals surface area (Å²) in [5.74, 6) is -0.993. The lowest BCUT2D eigenvalue weighted by Gasteiger charge is -2.25. The van der Waals surface area contributed by atoms with Gasteiger partial charge in [-0.2, -0.15) is 5.10 Å². The van der Waals surface area contributed by atoms with Gasteiger partial charge in [0.05, 0.1) is 16.8 Å². The number of halogens is 1. The molecule has 0 aliphatic rings. The maximum Gasteiger partial charge on any atom is 0.264 e. The van der Waals surface area contributed by atoms with E-state index < -0.39 is 22.5 Å². The van der Waals surface area contributed by atoms with Crippen LogP contribution in [-0.2, 0) is 14.8 Å². The van der Waals surface area contributed by atoms with Gasteiger partial charge in [0.15, 0.2) is 0 Å². The van der Waals surface area contributed by atoms with Gasteiger partial charge >= 0.3 is 0 Å². The van der Waals surface area contributed by atoms with Crippen LogP contribution in [0.2, 0.25) is 0 Å². The van der Waals surface area contributed by atoms with Gasteiger partial charge in [-0.25, -0.2) is 18.2 Å². The average Bonchev–Trinajstić information content (AvgIpc) is 2.75. The number of nitrogens with zero attached hydrogens (tertiary/aromatic N) is 2. The summed E-state index contributed by atoms with van der Waals surface area (Å²) >= 11 is 0. The molecule has 3 aromatic rings. The molecule has 0 fully saturated rings. The van der Waals surface area contributed by atoms with Gasteiger partial charge in [0.1, 0.15) is 12.4 Å². The van der Waals surface area contributed by atoms with E-state index in [2.05, 4.69) is 10.5 Å². The Kier molecular flexibility index (Phi) is 6.58. The fraction of sp³-hybridized carbons (Fsp3) is 0.0909. The number of hydrazone groups is 1. The predicted octanol–water partition coefficient (Wildman–Crippen LogP) is 3.48. The molecular formula is C22H20FN3O3S. The van der Waals surface area contributed by atoms with Crippen LogP contribution in [0.3, 0.4) is 0 Å². The van der Waals surface area contributed by atoms with Crippen molar-refractivity contribution in [2.24, 2.45) is 5.10 Å².